The van der Waals surface area contributed by atoms with Crippen LogP contribution >= 0.6 is 0 Å². The van der Waals surface area contributed by atoms with Crippen LogP contribution in [0.2, 0.25) is 0 Å². The van der Waals surface area contributed by atoms with Crippen molar-refractivity contribution in [2.75, 3.05) is 6.98 Å². The molecule has 1 aromatic carbocycles. The van der Waals surface area contributed by atoms with E-state index in [2.05, 4.69) is 5.32 Å². The molecule has 2 rings (SSSR count). The lowest BCUT2D eigenvalue weighted by molar-refractivity contribution is -0.130. The molecule has 0 saturated carbocycles. The maximum absolute atomic E-state index is 12.4. The maximum Gasteiger partial charge on any atom is 0.325 e. The topological polar surface area (TPSA) is 49.4 Å². The first-order valence-corrected chi connectivity index (χ1v) is 5.05. The van der Waals surface area contributed by atoms with Gasteiger partial charge in [0.1, 0.15) is 5.54 Å². The number of imide groups is 1. The second kappa shape index (κ2) is 3.63. The summed E-state index contributed by atoms with van der Waals surface area (Å²) < 4.78 is 21.8. The molecule has 0 spiro atoms. The Balaban J connectivity index is 2.51. The molecule has 4 heteroatoms. The standard InChI is InChI=1S/C12H14N2O2/c1-3-12(9-7-5-4-6-8-9)10(15)14(2)11(16)13-12/h4-8H,3H2,1-2H3,(H,13,16)/i2+1D3. The molecule has 84 valence electrons. The highest BCUT2D eigenvalue weighted by Gasteiger charge is 2.49. The summed E-state index contributed by atoms with van der Waals surface area (Å²) >= 11 is 0. The van der Waals surface area contributed by atoms with E-state index in [1.165, 1.54) is 0 Å². The third kappa shape index (κ3) is 1.30. The Morgan fingerprint density at radius 1 is 1.38 bits per heavy atom. The predicted octanol–water partition coefficient (Wildman–Crippen LogP) is 1.47. The third-order valence-corrected chi connectivity index (χ3v) is 2.89. The minimum Gasteiger partial charge on any atom is -0.319 e. The highest BCUT2D eigenvalue weighted by molar-refractivity contribution is 6.07. The molecule has 0 aliphatic carbocycles. The van der Waals surface area contributed by atoms with E-state index in [4.69, 9.17) is 4.11 Å². The van der Waals surface area contributed by atoms with Crippen LogP contribution in [0.25, 0.3) is 0 Å². The van der Waals surface area contributed by atoms with Crippen LogP contribution in [0.3, 0.4) is 0 Å². The quantitative estimate of drug-likeness (QED) is 0.608. The summed E-state index contributed by atoms with van der Waals surface area (Å²) in [6.45, 7) is -1.04. The van der Waals surface area contributed by atoms with Crippen molar-refractivity contribution in [2.24, 2.45) is 0 Å². The van der Waals surface area contributed by atoms with Gasteiger partial charge in [0.2, 0.25) is 0 Å². The van der Waals surface area contributed by atoms with Crippen LogP contribution < -0.4 is 5.32 Å². The number of hydrogen-bond acceptors (Lipinski definition) is 2. The minimum atomic E-state index is -2.77. The van der Waals surface area contributed by atoms with Gasteiger partial charge in [-0.15, -0.1) is 0 Å². The zero-order valence-corrected chi connectivity index (χ0v) is 8.86. The number of rotatable bonds is 2. The molecule has 4 nitrogen and oxygen atoms in total. The highest BCUT2D eigenvalue weighted by Crippen LogP contribution is 2.31. The van der Waals surface area contributed by atoms with E-state index in [0.717, 1.165) is 0 Å². The number of carbonyl (C=O) groups excluding carboxylic acids is 2. The third-order valence-electron chi connectivity index (χ3n) is 2.89. The molecule has 1 fully saturated rings. The molecule has 1 aromatic rings. The fourth-order valence-corrected chi connectivity index (χ4v) is 1.94. The summed E-state index contributed by atoms with van der Waals surface area (Å²) in [5.41, 5.74) is -0.699. The van der Waals surface area contributed by atoms with Crippen LogP contribution in [0, 0.1) is 0 Å². The van der Waals surface area contributed by atoms with Gasteiger partial charge in [-0.2, -0.15) is 0 Å². The lowest BCUT2D eigenvalue weighted by Gasteiger charge is -2.25. The van der Waals surface area contributed by atoms with Gasteiger partial charge in [-0.3, -0.25) is 9.69 Å². The van der Waals surface area contributed by atoms with Crippen molar-refractivity contribution < 1.29 is 13.7 Å². The van der Waals surface area contributed by atoms with Crippen molar-refractivity contribution in [1.29, 1.82) is 0 Å². The van der Waals surface area contributed by atoms with E-state index < -0.39 is 24.5 Å². The SMILES string of the molecule is [2H][13C]([2H])([2H])N1C(=O)NC(CC)(c2ccccc2)C1=O. The smallest absolute Gasteiger partial charge is 0.319 e. The average Bonchev–Trinajstić information content (AvgIpc) is 2.62. The summed E-state index contributed by atoms with van der Waals surface area (Å²) in [5.74, 6) is -0.730. The van der Waals surface area contributed by atoms with Crippen molar-refractivity contribution in [3.63, 3.8) is 0 Å². The van der Waals surface area contributed by atoms with E-state index >= 15 is 0 Å². The molecule has 1 unspecified atom stereocenters. The van der Waals surface area contributed by atoms with Crippen LogP contribution in [0.5, 0.6) is 0 Å². The van der Waals surface area contributed by atoms with Crippen LogP contribution in [-0.4, -0.2) is 23.8 Å². The van der Waals surface area contributed by atoms with Gasteiger partial charge in [-0.05, 0) is 12.0 Å². The van der Waals surface area contributed by atoms with Crippen molar-refractivity contribution in [3.05, 3.63) is 35.9 Å². The van der Waals surface area contributed by atoms with Crippen molar-refractivity contribution >= 4 is 11.9 Å². The molecule has 1 aliphatic heterocycles. The van der Waals surface area contributed by atoms with E-state index in [-0.39, 0.29) is 6.42 Å². The number of nitrogens with zero attached hydrogens (tertiary/aromatic N) is 1. The number of amides is 3. The van der Waals surface area contributed by atoms with Crippen LogP contribution in [0.15, 0.2) is 30.3 Å². The van der Waals surface area contributed by atoms with Gasteiger partial charge in [0.25, 0.3) is 5.91 Å². The number of likely N-dealkylation sites (N-methyl/N-ethyl adjacent to an activating group) is 1. The first kappa shape index (κ1) is 7.44. The van der Waals surface area contributed by atoms with Gasteiger partial charge in [0.05, 0.1) is 0 Å². The Labute approximate surface area is 98.5 Å². The summed E-state index contributed by atoms with van der Waals surface area (Å²) in [6, 6.07) is 7.79. The second-order valence-electron chi connectivity index (χ2n) is 3.70. The van der Waals surface area contributed by atoms with Gasteiger partial charge in [0, 0.05) is 11.1 Å². The molecule has 3 amide bonds. The van der Waals surface area contributed by atoms with Crippen LogP contribution in [0.1, 0.15) is 23.0 Å². The molecule has 0 aromatic heterocycles. The molecule has 1 N–H and O–H groups in total. The highest BCUT2D eigenvalue weighted by atomic mass is 16.2. The van der Waals surface area contributed by atoms with Crippen molar-refractivity contribution in [2.45, 2.75) is 18.9 Å². The Bertz CT molecular complexity index is 515. The van der Waals surface area contributed by atoms with Crippen LogP contribution in [-0.2, 0) is 10.3 Å². The normalized spacial score (nSPS) is 28.3. The summed E-state index contributed by atoms with van der Waals surface area (Å²) in [6.07, 6.45) is 0.286. The molecule has 1 aliphatic rings. The fraction of sp³-hybridized carbons (Fsp3) is 0.333. The van der Waals surface area contributed by atoms with Crippen LogP contribution in [0.4, 0.5) is 4.79 Å². The van der Waals surface area contributed by atoms with Gasteiger partial charge < -0.3 is 5.32 Å². The van der Waals surface area contributed by atoms with E-state index in [1.54, 1.807) is 37.3 Å². The molecule has 1 saturated heterocycles. The Morgan fingerprint density at radius 3 is 2.56 bits per heavy atom. The maximum atomic E-state index is 12.4. The zero-order chi connectivity index (χ0) is 14.3. The summed E-state index contributed by atoms with van der Waals surface area (Å²) in [5, 5.41) is 2.52. The second-order valence-corrected chi connectivity index (χ2v) is 3.70. The number of urea groups is 1. The lowest BCUT2D eigenvalue weighted by atomic mass is 9.87. The summed E-state index contributed by atoms with van der Waals surface area (Å²) in [7, 11) is 0. The van der Waals surface area contributed by atoms with Gasteiger partial charge >= 0.3 is 6.03 Å². The van der Waals surface area contributed by atoms with Gasteiger partial charge in [-0.1, -0.05) is 37.3 Å². The number of hydrogen-bond donors (Lipinski definition) is 1. The molecular formula is C12H14N2O2. The molecule has 1 heterocycles. The molecular weight excluding hydrogens is 205 g/mol. The lowest BCUT2D eigenvalue weighted by Crippen LogP contribution is -2.43. The summed E-state index contributed by atoms with van der Waals surface area (Å²) in [4.78, 5) is 24.5. The molecule has 0 radical (unpaired) electrons. The Hall–Kier alpha value is -1.84. The number of carbonyl (C=O) groups is 2. The molecule has 0 bridgehead atoms. The van der Waals surface area contributed by atoms with Gasteiger partial charge in [0.15, 0.2) is 0 Å². The Morgan fingerprint density at radius 2 is 2.06 bits per heavy atom. The van der Waals surface area contributed by atoms with E-state index in [0.29, 0.717) is 10.5 Å². The van der Waals surface area contributed by atoms with Crippen molar-refractivity contribution in [3.8, 4) is 0 Å². The number of benzene rings is 1. The Kier molecular flexibility index (Phi) is 1.69. The first-order chi connectivity index (χ1) is 8.83. The largest absolute Gasteiger partial charge is 0.325 e. The molecule has 1 atom stereocenters. The zero-order valence-electron chi connectivity index (χ0n) is 11.9. The minimum absolute atomic E-state index is 0.286. The van der Waals surface area contributed by atoms with E-state index in [1.807, 2.05) is 0 Å². The van der Waals surface area contributed by atoms with Crippen molar-refractivity contribution in [1.82, 2.24) is 10.2 Å². The van der Waals surface area contributed by atoms with E-state index in [9.17, 15) is 9.59 Å². The van der Waals surface area contributed by atoms with Gasteiger partial charge in [-0.25, -0.2) is 4.79 Å². The number of nitrogens with one attached hydrogen (secondary N) is 1. The predicted molar refractivity (Wildman–Crippen MR) is 59.7 cm³/mol. The molecule has 16 heavy (non-hydrogen) atoms. The monoisotopic (exact) mass is 222 g/mol. The average molecular weight is 222 g/mol. The first-order valence-electron chi connectivity index (χ1n) is 6.55. The fourth-order valence-electron chi connectivity index (χ4n) is 1.94.